The first kappa shape index (κ1) is 4.58. The van der Waals surface area contributed by atoms with E-state index in [0.717, 1.165) is 0 Å². The first-order chi connectivity index (χ1) is 1.91. The zero-order valence-corrected chi connectivity index (χ0v) is 4.58. The van der Waals surface area contributed by atoms with E-state index in [1.54, 1.807) is 0 Å². The Balaban J connectivity index is 2.30. The summed E-state index contributed by atoms with van der Waals surface area (Å²) in [4.78, 5) is 0. The largest absolute Gasteiger partial charge is 0.336 e. The van der Waals surface area contributed by atoms with Gasteiger partial charge < -0.3 is 0 Å². The van der Waals surface area contributed by atoms with Crippen molar-refractivity contribution in [3.05, 3.63) is 0 Å². The van der Waals surface area contributed by atoms with Crippen molar-refractivity contribution in [1.82, 2.24) is 0 Å². The Morgan fingerprint density at radius 1 is 2.00 bits per heavy atom. The van der Waals surface area contributed by atoms with Crippen LogP contribution in [0.15, 0.2) is 0 Å². The van der Waals surface area contributed by atoms with Crippen molar-refractivity contribution in [2.24, 2.45) is 0 Å². The summed E-state index contributed by atoms with van der Waals surface area (Å²) in [6.45, 7) is 0. The van der Waals surface area contributed by atoms with Gasteiger partial charge in [0.15, 0.2) is 5.07 Å². The molecule has 1 nitrogen and oxygen atoms in total. The van der Waals surface area contributed by atoms with Crippen molar-refractivity contribution in [3.63, 3.8) is 0 Å². The fraction of sp³-hybridized carbons (Fsp3) is 1.00. The van der Waals surface area contributed by atoms with Crippen molar-refractivity contribution >= 4 is 24.4 Å². The molecule has 1 unspecified atom stereocenters. The zero-order valence-electron chi connectivity index (χ0n) is 1.99. The van der Waals surface area contributed by atoms with E-state index in [-0.39, 0.29) is 8.46 Å². The van der Waals surface area contributed by atoms with Crippen LogP contribution in [-0.4, -0.2) is 5.07 Å². The molecule has 0 fully saturated rings. The monoisotopic (exact) mass is 141 g/mol. The predicted octanol–water partition coefficient (Wildman–Crippen LogP) is 1.36. The molecule has 0 saturated heterocycles. The number of hydrogen-bond acceptors (Lipinski definition) is 1. The van der Waals surface area contributed by atoms with Gasteiger partial charge in [-0.05, 0) is 15.9 Å². The van der Waals surface area contributed by atoms with Gasteiger partial charge in [0, 0.05) is 0 Å². The lowest BCUT2D eigenvalue weighted by Gasteiger charge is -1.34. The Morgan fingerprint density at radius 2 is 2.25 bits per heavy atom. The molecule has 0 radical (unpaired) electrons. The fourth-order valence-electron chi connectivity index (χ4n) is 0. The molecule has 0 bridgehead atoms. The minimum absolute atomic E-state index is 0.193. The van der Waals surface area contributed by atoms with E-state index < -0.39 is 0 Å². The van der Waals surface area contributed by atoms with Crippen LogP contribution in [0.3, 0.4) is 0 Å². The molecule has 1 atom stereocenters. The topological polar surface area (TPSA) is 17.1 Å². The molecule has 0 aliphatic heterocycles. The molecule has 0 N–H and O–H groups in total. The summed E-state index contributed by atoms with van der Waals surface area (Å²) in [6, 6.07) is 0. The van der Waals surface area contributed by atoms with Gasteiger partial charge in [0.25, 0.3) is 0 Å². The molecule has 0 aliphatic rings. The van der Waals surface area contributed by atoms with Gasteiger partial charge in [-0.2, -0.15) is 0 Å². The van der Waals surface area contributed by atoms with Gasteiger partial charge in [-0.1, -0.05) is 4.57 Å². The SMILES string of the molecule is O=[PH+]CBr. The maximum absolute atomic E-state index is 9.28. The van der Waals surface area contributed by atoms with E-state index >= 15 is 0 Å². The average molecular weight is 142 g/mol. The van der Waals surface area contributed by atoms with Crippen LogP contribution in [0.2, 0.25) is 0 Å². The molecular formula is CH3BrOP+. The Bertz CT molecular complexity index is 22.0. The van der Waals surface area contributed by atoms with Crippen LogP contribution in [0.5, 0.6) is 0 Å². The van der Waals surface area contributed by atoms with Crippen LogP contribution in [-0.2, 0) is 4.57 Å². The third-order valence-corrected chi connectivity index (χ3v) is 0.850. The summed E-state index contributed by atoms with van der Waals surface area (Å²) in [5.41, 5.74) is 0. The van der Waals surface area contributed by atoms with Gasteiger partial charge in [-0.3, -0.25) is 0 Å². The molecule has 0 aromatic heterocycles. The van der Waals surface area contributed by atoms with Crippen molar-refractivity contribution in [2.75, 3.05) is 5.07 Å². The molecule has 24 valence electrons. The van der Waals surface area contributed by atoms with Crippen LogP contribution >= 0.6 is 24.4 Å². The zero-order chi connectivity index (χ0) is 3.41. The highest BCUT2D eigenvalue weighted by molar-refractivity contribution is 9.10. The average Bonchev–Trinajstić information content (AvgIpc) is 1.37. The Morgan fingerprint density at radius 3 is 2.25 bits per heavy atom. The lowest BCUT2D eigenvalue weighted by molar-refractivity contribution is 0.601. The molecule has 0 heterocycles. The maximum atomic E-state index is 9.28. The molecule has 0 spiro atoms. The lowest BCUT2D eigenvalue weighted by Crippen LogP contribution is -1.27. The second-order valence-corrected chi connectivity index (χ2v) is 2.52. The van der Waals surface area contributed by atoms with Crippen LogP contribution < -0.4 is 0 Å². The minimum atomic E-state index is -0.193. The molecule has 0 rings (SSSR count). The van der Waals surface area contributed by atoms with Crippen molar-refractivity contribution in [2.45, 2.75) is 0 Å². The summed E-state index contributed by atoms with van der Waals surface area (Å²) in [5, 5.41) is 0.604. The second-order valence-electron chi connectivity index (χ2n) is 0.278. The van der Waals surface area contributed by atoms with E-state index in [1.165, 1.54) is 0 Å². The van der Waals surface area contributed by atoms with Gasteiger partial charge in [0.05, 0.1) is 0 Å². The summed E-state index contributed by atoms with van der Waals surface area (Å²) in [6.07, 6.45) is 0. The summed E-state index contributed by atoms with van der Waals surface area (Å²) in [5.74, 6) is 0. The Hall–Kier alpha value is 0.580. The van der Waals surface area contributed by atoms with Crippen molar-refractivity contribution < 1.29 is 4.57 Å². The summed E-state index contributed by atoms with van der Waals surface area (Å²) >= 11 is 2.95. The van der Waals surface area contributed by atoms with Gasteiger partial charge in [0.1, 0.15) is 0 Å². The number of alkyl halides is 1. The van der Waals surface area contributed by atoms with E-state index in [0.29, 0.717) is 5.07 Å². The number of rotatable bonds is 1. The smallest absolute Gasteiger partial charge is 0.0765 e. The van der Waals surface area contributed by atoms with E-state index in [9.17, 15) is 4.57 Å². The van der Waals surface area contributed by atoms with Gasteiger partial charge in [0.2, 0.25) is 0 Å². The fourth-order valence-corrected chi connectivity index (χ4v) is 0. The summed E-state index contributed by atoms with van der Waals surface area (Å²) in [7, 11) is -0.193. The lowest BCUT2D eigenvalue weighted by atomic mass is 11.9. The molecule has 0 aromatic carbocycles. The van der Waals surface area contributed by atoms with E-state index in [4.69, 9.17) is 0 Å². The van der Waals surface area contributed by atoms with Gasteiger partial charge >= 0.3 is 8.46 Å². The van der Waals surface area contributed by atoms with Gasteiger partial charge in [-0.15, -0.1) is 0 Å². The first-order valence-corrected chi connectivity index (χ1v) is 3.06. The van der Waals surface area contributed by atoms with Crippen LogP contribution in [0.1, 0.15) is 0 Å². The third kappa shape index (κ3) is 2.58. The van der Waals surface area contributed by atoms with E-state index in [2.05, 4.69) is 15.9 Å². The highest BCUT2D eigenvalue weighted by Gasteiger charge is 1.70. The normalized spacial score (nSPS) is 8.25. The highest BCUT2D eigenvalue weighted by atomic mass is 79.9. The van der Waals surface area contributed by atoms with Crippen molar-refractivity contribution in [1.29, 1.82) is 0 Å². The number of hydrogen-bond donors (Lipinski definition) is 0. The Kier molecular flexibility index (Phi) is 4.10. The quantitative estimate of drug-likeness (QED) is 0.399. The second kappa shape index (κ2) is 3.58. The van der Waals surface area contributed by atoms with E-state index in [1.807, 2.05) is 0 Å². The van der Waals surface area contributed by atoms with Crippen molar-refractivity contribution in [3.8, 4) is 0 Å². The van der Waals surface area contributed by atoms with Crippen LogP contribution in [0.25, 0.3) is 0 Å². The molecular weight excluding hydrogens is 139 g/mol. The molecule has 3 heteroatoms. The highest BCUT2D eigenvalue weighted by Crippen LogP contribution is 1.93. The molecule has 4 heavy (non-hydrogen) atoms. The summed E-state index contributed by atoms with van der Waals surface area (Å²) < 4.78 is 9.28. The molecule has 0 aliphatic carbocycles. The third-order valence-electron chi connectivity index (χ3n) is 0.0546. The Labute approximate surface area is 34.7 Å². The van der Waals surface area contributed by atoms with Gasteiger partial charge in [-0.25, -0.2) is 0 Å². The minimum Gasteiger partial charge on any atom is -0.0765 e. The standard InChI is InChI=1S/CH2BrOP/c2-1-4-3/h1H2/p+1. The maximum Gasteiger partial charge on any atom is 0.336 e. The van der Waals surface area contributed by atoms with Crippen LogP contribution in [0, 0.1) is 0 Å². The molecule has 0 saturated carbocycles. The molecule has 0 amide bonds. The first-order valence-electron chi connectivity index (χ1n) is 0.825. The number of halogens is 1. The molecule has 0 aromatic rings. The van der Waals surface area contributed by atoms with Crippen LogP contribution in [0.4, 0.5) is 0 Å². The predicted molar refractivity (Wildman–Crippen MR) is 22.8 cm³/mol.